The van der Waals surface area contributed by atoms with Gasteiger partial charge in [-0.1, -0.05) is 0 Å². The van der Waals surface area contributed by atoms with Gasteiger partial charge < -0.3 is 19.2 Å². The number of fused-ring (bicyclic) bond motifs is 1. The number of H-pyrrole nitrogens is 1. The summed E-state index contributed by atoms with van der Waals surface area (Å²) < 4.78 is 8.22. The van der Waals surface area contributed by atoms with Crippen molar-refractivity contribution in [3.63, 3.8) is 0 Å². The van der Waals surface area contributed by atoms with Crippen LogP contribution in [0.15, 0.2) is 18.2 Å². The van der Waals surface area contributed by atoms with Crippen LogP contribution in [-0.4, -0.2) is 41.2 Å². The summed E-state index contributed by atoms with van der Waals surface area (Å²) in [5.74, 6) is 0.851. The van der Waals surface area contributed by atoms with Gasteiger partial charge in [0.15, 0.2) is 4.77 Å². The van der Waals surface area contributed by atoms with E-state index in [-0.39, 0.29) is 0 Å². The normalized spacial score (nSPS) is 11.7. The number of imidazole rings is 1. The number of aromatic nitrogens is 2. The molecule has 2 aromatic rings. The van der Waals surface area contributed by atoms with Crippen molar-refractivity contribution in [2.24, 2.45) is 0 Å². The van der Waals surface area contributed by atoms with E-state index in [4.69, 9.17) is 17.0 Å². The molecule has 0 aliphatic carbocycles. The Balaban J connectivity index is 2.02. The average Bonchev–Trinajstić information content (AvgIpc) is 2.77. The third-order valence-corrected chi connectivity index (χ3v) is 4.33. The molecule has 21 heavy (non-hydrogen) atoms. The molecule has 0 spiro atoms. The van der Waals surface area contributed by atoms with E-state index in [1.807, 2.05) is 12.1 Å². The highest BCUT2D eigenvalue weighted by molar-refractivity contribution is 7.71. The molecule has 0 radical (unpaired) electrons. The van der Waals surface area contributed by atoms with Crippen LogP contribution in [0.1, 0.15) is 26.7 Å². The molecule has 4 nitrogen and oxygen atoms in total. The van der Waals surface area contributed by atoms with E-state index in [9.17, 15) is 0 Å². The van der Waals surface area contributed by atoms with E-state index in [0.29, 0.717) is 6.04 Å². The van der Waals surface area contributed by atoms with E-state index in [0.717, 1.165) is 41.1 Å². The predicted octanol–water partition coefficient (Wildman–Crippen LogP) is 3.83. The smallest absolute Gasteiger partial charge is 0.178 e. The summed E-state index contributed by atoms with van der Waals surface area (Å²) in [6.07, 6.45) is 2.31. The number of hydrogen-bond acceptors (Lipinski definition) is 3. The average molecular weight is 307 g/mol. The summed E-state index contributed by atoms with van der Waals surface area (Å²) in [7, 11) is 3.85. The number of aromatic amines is 1. The first-order valence-corrected chi connectivity index (χ1v) is 7.90. The van der Waals surface area contributed by atoms with Gasteiger partial charge in [0.05, 0.1) is 18.1 Å². The number of hydrogen-bond donors (Lipinski definition) is 1. The van der Waals surface area contributed by atoms with Crippen LogP contribution < -0.4 is 4.74 Å². The Morgan fingerprint density at radius 1 is 1.33 bits per heavy atom. The SMILES string of the molecule is COc1ccc2c(c1)[nH]c(=S)n2CCCCN(C)C(C)C. The summed E-state index contributed by atoms with van der Waals surface area (Å²) in [5, 5.41) is 0. The summed E-state index contributed by atoms with van der Waals surface area (Å²) >= 11 is 5.43. The summed E-state index contributed by atoms with van der Waals surface area (Å²) in [4.78, 5) is 5.63. The number of aryl methyl sites for hydroxylation is 1. The summed E-state index contributed by atoms with van der Waals surface area (Å²) in [5.41, 5.74) is 2.19. The Hall–Kier alpha value is -1.33. The lowest BCUT2D eigenvalue weighted by Crippen LogP contribution is -2.27. The lowest BCUT2D eigenvalue weighted by Gasteiger charge is -2.20. The van der Waals surface area contributed by atoms with Crippen molar-refractivity contribution >= 4 is 23.3 Å². The number of benzene rings is 1. The fourth-order valence-electron chi connectivity index (χ4n) is 2.38. The standard InChI is InChI=1S/C16H25N3OS/c1-12(2)18(3)9-5-6-10-19-15-8-7-13(20-4)11-14(15)17-16(19)21/h7-8,11-12H,5-6,9-10H2,1-4H3,(H,17,21). The minimum atomic E-state index is 0.604. The number of nitrogens with one attached hydrogen (secondary N) is 1. The first kappa shape index (κ1) is 16.0. The Morgan fingerprint density at radius 3 is 2.76 bits per heavy atom. The topological polar surface area (TPSA) is 33.2 Å². The maximum atomic E-state index is 5.43. The lowest BCUT2D eigenvalue weighted by atomic mass is 10.2. The first-order valence-electron chi connectivity index (χ1n) is 7.49. The van der Waals surface area contributed by atoms with Crippen LogP contribution in [0.2, 0.25) is 0 Å². The van der Waals surface area contributed by atoms with E-state index in [1.54, 1.807) is 7.11 Å². The zero-order valence-corrected chi connectivity index (χ0v) is 14.2. The van der Waals surface area contributed by atoms with Crippen molar-refractivity contribution in [2.75, 3.05) is 20.7 Å². The number of rotatable bonds is 7. The second-order valence-electron chi connectivity index (χ2n) is 5.75. The van der Waals surface area contributed by atoms with Crippen molar-refractivity contribution in [3.05, 3.63) is 23.0 Å². The number of ether oxygens (including phenoxy) is 1. The van der Waals surface area contributed by atoms with Gasteiger partial charge in [0.25, 0.3) is 0 Å². The van der Waals surface area contributed by atoms with Crippen molar-refractivity contribution in [1.29, 1.82) is 0 Å². The second kappa shape index (κ2) is 7.09. The zero-order chi connectivity index (χ0) is 15.4. The Morgan fingerprint density at radius 2 is 2.10 bits per heavy atom. The van der Waals surface area contributed by atoms with Crippen molar-refractivity contribution in [3.8, 4) is 5.75 Å². The minimum absolute atomic E-state index is 0.604. The highest BCUT2D eigenvalue weighted by atomic mass is 32.1. The van der Waals surface area contributed by atoms with Gasteiger partial charge >= 0.3 is 0 Å². The highest BCUT2D eigenvalue weighted by Gasteiger charge is 2.06. The molecule has 0 saturated carbocycles. The van der Waals surface area contributed by atoms with E-state index >= 15 is 0 Å². The second-order valence-corrected chi connectivity index (χ2v) is 6.13. The predicted molar refractivity (Wildman–Crippen MR) is 90.7 cm³/mol. The van der Waals surface area contributed by atoms with Gasteiger partial charge in [-0.15, -0.1) is 0 Å². The molecule has 0 aliphatic rings. The van der Waals surface area contributed by atoms with Gasteiger partial charge in [-0.05, 0) is 64.6 Å². The molecular formula is C16H25N3OS. The van der Waals surface area contributed by atoms with Crippen LogP contribution in [0.3, 0.4) is 0 Å². The summed E-state index contributed by atoms with van der Waals surface area (Å²) in [6, 6.07) is 6.65. The molecule has 0 atom stereocenters. The molecule has 0 unspecified atom stereocenters. The number of methoxy groups -OCH3 is 1. The largest absolute Gasteiger partial charge is 0.497 e. The Labute approximate surface area is 131 Å². The monoisotopic (exact) mass is 307 g/mol. The molecule has 1 heterocycles. The molecule has 2 rings (SSSR count). The molecule has 0 saturated heterocycles. The van der Waals surface area contributed by atoms with Gasteiger partial charge in [-0.25, -0.2) is 0 Å². The van der Waals surface area contributed by atoms with Crippen molar-refractivity contribution in [2.45, 2.75) is 39.3 Å². The van der Waals surface area contributed by atoms with Gasteiger partial charge in [-0.3, -0.25) is 0 Å². The molecule has 0 amide bonds. The van der Waals surface area contributed by atoms with E-state index in [1.165, 1.54) is 6.42 Å². The molecule has 0 aliphatic heterocycles. The number of unbranched alkanes of at least 4 members (excludes halogenated alkanes) is 1. The third-order valence-electron chi connectivity index (χ3n) is 4.01. The molecule has 0 bridgehead atoms. The van der Waals surface area contributed by atoms with Crippen molar-refractivity contribution in [1.82, 2.24) is 14.5 Å². The molecule has 1 N–H and O–H groups in total. The minimum Gasteiger partial charge on any atom is -0.497 e. The number of nitrogens with zero attached hydrogens (tertiary/aromatic N) is 2. The fourth-order valence-corrected chi connectivity index (χ4v) is 2.68. The molecule has 116 valence electrons. The highest BCUT2D eigenvalue weighted by Crippen LogP contribution is 2.20. The summed E-state index contributed by atoms with van der Waals surface area (Å²) in [6.45, 7) is 6.53. The molecule has 5 heteroatoms. The van der Waals surface area contributed by atoms with Crippen LogP contribution in [0.5, 0.6) is 5.75 Å². The Bertz CT molecular complexity index is 644. The molecule has 1 aromatic heterocycles. The van der Waals surface area contributed by atoms with E-state index < -0.39 is 0 Å². The van der Waals surface area contributed by atoms with Crippen LogP contribution in [0.4, 0.5) is 0 Å². The van der Waals surface area contributed by atoms with Gasteiger partial charge in [-0.2, -0.15) is 0 Å². The maximum absolute atomic E-state index is 5.43. The third kappa shape index (κ3) is 3.86. The zero-order valence-electron chi connectivity index (χ0n) is 13.3. The molecular weight excluding hydrogens is 282 g/mol. The maximum Gasteiger partial charge on any atom is 0.178 e. The molecule has 0 fully saturated rings. The van der Waals surface area contributed by atoms with Gasteiger partial charge in [0.2, 0.25) is 0 Å². The Kier molecular flexibility index (Phi) is 5.42. The van der Waals surface area contributed by atoms with Gasteiger partial charge in [0.1, 0.15) is 5.75 Å². The van der Waals surface area contributed by atoms with Crippen molar-refractivity contribution < 1.29 is 4.74 Å². The van der Waals surface area contributed by atoms with E-state index in [2.05, 4.69) is 41.4 Å². The fraction of sp³-hybridized carbons (Fsp3) is 0.562. The van der Waals surface area contributed by atoms with Crippen LogP contribution in [0.25, 0.3) is 11.0 Å². The van der Waals surface area contributed by atoms with Crippen LogP contribution >= 0.6 is 12.2 Å². The first-order chi connectivity index (χ1) is 10.0. The lowest BCUT2D eigenvalue weighted by molar-refractivity contribution is 0.266. The molecule has 1 aromatic carbocycles. The van der Waals surface area contributed by atoms with Gasteiger partial charge in [0, 0.05) is 18.7 Å². The van der Waals surface area contributed by atoms with Crippen LogP contribution in [0, 0.1) is 4.77 Å². The van der Waals surface area contributed by atoms with Crippen LogP contribution in [-0.2, 0) is 6.54 Å². The quantitative estimate of drug-likeness (QED) is 0.623.